The number of amides is 1. The molecular formula is C25H29N5O3S. The van der Waals surface area contributed by atoms with Crippen LogP contribution in [0.3, 0.4) is 0 Å². The predicted octanol–water partition coefficient (Wildman–Crippen LogP) is 2.99. The van der Waals surface area contributed by atoms with Crippen molar-refractivity contribution in [1.29, 1.82) is 0 Å². The Morgan fingerprint density at radius 3 is 2.85 bits per heavy atom. The molecule has 2 atom stereocenters. The monoisotopic (exact) mass is 479 g/mol. The second-order valence-corrected chi connectivity index (χ2v) is 9.99. The normalized spacial score (nSPS) is 20.3. The standard InChI is InChI=1S/C25H29N5O3S/c1-30-13-20(24-28-29-25(32)34-24)22(14-30)27-23(31)16-8-10-18(11-9-16)33-15-17-5-4-7-21-19(17)6-2-3-12-26-21/h4-5,7-11,20,22,26H,2-3,6,12-15H2,1H3,(H,27,31)(H,29,32)/t20-,22+/m0/s1. The van der Waals surface area contributed by atoms with E-state index < -0.39 is 0 Å². The van der Waals surface area contributed by atoms with Crippen LogP contribution in [0.1, 0.15) is 45.3 Å². The lowest BCUT2D eigenvalue weighted by atomic mass is 10.0. The highest BCUT2D eigenvalue weighted by molar-refractivity contribution is 7.08. The zero-order valence-electron chi connectivity index (χ0n) is 19.2. The summed E-state index contributed by atoms with van der Waals surface area (Å²) < 4.78 is 6.05. The minimum Gasteiger partial charge on any atom is -0.489 e. The number of H-pyrrole nitrogens is 1. The molecule has 0 saturated carbocycles. The van der Waals surface area contributed by atoms with Gasteiger partial charge in [0.05, 0.1) is 6.04 Å². The Bertz CT molecular complexity index is 1210. The molecular weight excluding hydrogens is 450 g/mol. The molecule has 1 amide bonds. The van der Waals surface area contributed by atoms with Crippen molar-refractivity contribution in [2.45, 2.75) is 37.8 Å². The van der Waals surface area contributed by atoms with Crippen LogP contribution in [0.15, 0.2) is 47.3 Å². The van der Waals surface area contributed by atoms with Crippen molar-refractivity contribution in [2.24, 2.45) is 0 Å². The number of aromatic amines is 1. The van der Waals surface area contributed by atoms with E-state index in [9.17, 15) is 9.59 Å². The maximum atomic E-state index is 12.9. The van der Waals surface area contributed by atoms with Crippen LogP contribution in [0.5, 0.6) is 5.75 Å². The number of benzene rings is 2. The van der Waals surface area contributed by atoms with Crippen molar-refractivity contribution >= 4 is 22.9 Å². The zero-order chi connectivity index (χ0) is 23.5. The highest BCUT2D eigenvalue weighted by atomic mass is 32.1. The van der Waals surface area contributed by atoms with Gasteiger partial charge in [-0.25, -0.2) is 5.10 Å². The van der Waals surface area contributed by atoms with E-state index in [0.717, 1.165) is 41.6 Å². The number of carbonyl (C=O) groups is 1. The van der Waals surface area contributed by atoms with Gasteiger partial charge in [0.2, 0.25) is 0 Å². The number of nitrogens with one attached hydrogen (secondary N) is 3. The van der Waals surface area contributed by atoms with Crippen LogP contribution in [0.4, 0.5) is 5.69 Å². The van der Waals surface area contributed by atoms with E-state index in [-0.39, 0.29) is 22.7 Å². The average molecular weight is 480 g/mol. The number of fused-ring (bicyclic) bond motifs is 1. The number of rotatable bonds is 6. The molecule has 34 heavy (non-hydrogen) atoms. The summed E-state index contributed by atoms with van der Waals surface area (Å²) in [7, 11) is 2.00. The van der Waals surface area contributed by atoms with Crippen LogP contribution in [0.2, 0.25) is 0 Å². The lowest BCUT2D eigenvalue weighted by Crippen LogP contribution is -2.39. The van der Waals surface area contributed by atoms with Crippen molar-refractivity contribution < 1.29 is 9.53 Å². The third-order valence-corrected chi connectivity index (χ3v) is 7.42. The molecule has 1 saturated heterocycles. The number of carbonyl (C=O) groups excluding carboxylic acids is 1. The van der Waals surface area contributed by atoms with Gasteiger partial charge in [0.15, 0.2) is 0 Å². The van der Waals surface area contributed by atoms with Crippen molar-refractivity contribution in [3.05, 3.63) is 73.8 Å². The number of nitrogens with zero attached hydrogens (tertiary/aromatic N) is 2. The van der Waals surface area contributed by atoms with E-state index in [1.54, 1.807) is 12.1 Å². The molecule has 178 valence electrons. The molecule has 2 aliphatic rings. The molecule has 1 fully saturated rings. The van der Waals surface area contributed by atoms with Crippen LogP contribution in [0, 0.1) is 0 Å². The van der Waals surface area contributed by atoms with Crippen molar-refractivity contribution in [1.82, 2.24) is 20.4 Å². The molecule has 3 aromatic rings. The fourth-order valence-electron chi connectivity index (χ4n) is 4.79. The quantitative estimate of drug-likeness (QED) is 0.503. The van der Waals surface area contributed by atoms with Gasteiger partial charge in [-0.05, 0) is 67.8 Å². The molecule has 0 unspecified atom stereocenters. The van der Waals surface area contributed by atoms with Gasteiger partial charge in [-0.15, -0.1) is 0 Å². The Balaban J connectivity index is 1.21. The molecule has 0 spiro atoms. The highest BCUT2D eigenvalue weighted by Crippen LogP contribution is 2.28. The number of likely N-dealkylation sites (tertiary alicyclic amines) is 1. The smallest absolute Gasteiger partial charge is 0.322 e. The van der Waals surface area contributed by atoms with E-state index in [4.69, 9.17) is 4.74 Å². The summed E-state index contributed by atoms with van der Waals surface area (Å²) in [5.74, 6) is 0.589. The van der Waals surface area contributed by atoms with Crippen LogP contribution < -0.4 is 20.2 Å². The van der Waals surface area contributed by atoms with Gasteiger partial charge < -0.3 is 20.3 Å². The second-order valence-electron chi connectivity index (χ2n) is 9.00. The van der Waals surface area contributed by atoms with E-state index in [0.29, 0.717) is 18.7 Å². The molecule has 0 bridgehead atoms. The molecule has 2 aromatic carbocycles. The summed E-state index contributed by atoms with van der Waals surface area (Å²) in [5, 5.41) is 14.0. The molecule has 1 aromatic heterocycles. The first-order valence-electron chi connectivity index (χ1n) is 11.7. The van der Waals surface area contributed by atoms with E-state index in [2.05, 4.69) is 43.9 Å². The minimum absolute atomic E-state index is 0.00371. The largest absolute Gasteiger partial charge is 0.489 e. The van der Waals surface area contributed by atoms with Gasteiger partial charge >= 0.3 is 4.87 Å². The fraction of sp³-hybridized carbons (Fsp3) is 0.400. The van der Waals surface area contributed by atoms with Gasteiger partial charge in [-0.3, -0.25) is 9.59 Å². The maximum Gasteiger partial charge on any atom is 0.322 e. The third-order valence-electron chi connectivity index (χ3n) is 6.54. The Kier molecular flexibility index (Phi) is 6.64. The van der Waals surface area contributed by atoms with E-state index in [1.165, 1.54) is 29.7 Å². The van der Waals surface area contributed by atoms with E-state index in [1.807, 2.05) is 19.2 Å². The zero-order valence-corrected chi connectivity index (χ0v) is 20.0. The van der Waals surface area contributed by atoms with E-state index >= 15 is 0 Å². The van der Waals surface area contributed by atoms with Gasteiger partial charge in [0, 0.05) is 36.8 Å². The highest BCUT2D eigenvalue weighted by Gasteiger charge is 2.35. The number of aromatic nitrogens is 2. The second kappa shape index (κ2) is 9.99. The van der Waals surface area contributed by atoms with Crippen LogP contribution in [-0.4, -0.2) is 53.7 Å². The Morgan fingerprint density at radius 1 is 1.21 bits per heavy atom. The summed E-state index contributed by atoms with van der Waals surface area (Å²) in [6.07, 6.45) is 3.42. The van der Waals surface area contributed by atoms with Crippen LogP contribution >= 0.6 is 11.3 Å². The minimum atomic E-state index is -0.173. The number of ether oxygens (including phenoxy) is 1. The Hall–Kier alpha value is -3.17. The van der Waals surface area contributed by atoms with Crippen molar-refractivity contribution in [3.63, 3.8) is 0 Å². The molecule has 0 aliphatic carbocycles. The lowest BCUT2D eigenvalue weighted by Gasteiger charge is -2.18. The number of anilines is 1. The van der Waals surface area contributed by atoms with Gasteiger partial charge in [0.25, 0.3) is 5.91 Å². The topological polar surface area (TPSA) is 99.4 Å². The molecule has 3 N–H and O–H groups in total. The van der Waals surface area contributed by atoms with Gasteiger partial charge in [-0.2, -0.15) is 5.10 Å². The van der Waals surface area contributed by atoms with Crippen molar-refractivity contribution in [3.8, 4) is 5.75 Å². The number of likely N-dealkylation sites (N-methyl/N-ethyl adjacent to an activating group) is 1. The molecule has 2 aliphatic heterocycles. The summed E-state index contributed by atoms with van der Waals surface area (Å²) in [6.45, 7) is 2.97. The first-order valence-corrected chi connectivity index (χ1v) is 12.5. The van der Waals surface area contributed by atoms with Gasteiger partial charge in [0.1, 0.15) is 17.4 Å². The summed E-state index contributed by atoms with van der Waals surface area (Å²) in [4.78, 5) is 26.4. The first-order chi connectivity index (χ1) is 16.6. The van der Waals surface area contributed by atoms with Gasteiger partial charge in [-0.1, -0.05) is 23.5 Å². The van der Waals surface area contributed by atoms with Crippen LogP contribution in [-0.2, 0) is 13.0 Å². The Morgan fingerprint density at radius 2 is 2.06 bits per heavy atom. The number of hydrogen-bond donors (Lipinski definition) is 3. The molecule has 3 heterocycles. The van der Waals surface area contributed by atoms with Crippen molar-refractivity contribution in [2.75, 3.05) is 32.0 Å². The molecule has 9 heteroatoms. The lowest BCUT2D eigenvalue weighted by molar-refractivity contribution is 0.0935. The third kappa shape index (κ3) is 5.00. The summed E-state index contributed by atoms with van der Waals surface area (Å²) in [5.41, 5.74) is 4.33. The maximum absolute atomic E-state index is 12.9. The fourth-order valence-corrected chi connectivity index (χ4v) is 5.56. The number of hydrogen-bond acceptors (Lipinski definition) is 7. The predicted molar refractivity (Wildman–Crippen MR) is 133 cm³/mol. The first kappa shape index (κ1) is 22.6. The van der Waals surface area contributed by atoms with Crippen LogP contribution in [0.25, 0.3) is 0 Å². The summed E-state index contributed by atoms with van der Waals surface area (Å²) >= 11 is 1.11. The molecule has 8 nitrogen and oxygen atoms in total. The molecule has 5 rings (SSSR count). The Labute approximate surface area is 202 Å². The molecule has 0 radical (unpaired) electrons. The SMILES string of the molecule is CN1C[C@H](c2n[nH]c(=O)s2)[C@H](NC(=O)c2ccc(OCc3cccc4c3CCCCN4)cc2)C1. The average Bonchev–Trinajstić information content (AvgIpc) is 3.33. The summed E-state index contributed by atoms with van der Waals surface area (Å²) in [6, 6.07) is 13.5.